The third kappa shape index (κ3) is 3.59. The highest BCUT2D eigenvalue weighted by Gasteiger charge is 2.29. The van der Waals surface area contributed by atoms with E-state index >= 15 is 0 Å². The molecule has 2 N–H and O–H groups in total. The average molecular weight is 425 g/mol. The lowest BCUT2D eigenvalue weighted by atomic mass is 10.1. The molecule has 2 aromatic heterocycles. The molecule has 154 valence electrons. The molecular weight excluding hydrogens is 406 g/mol. The van der Waals surface area contributed by atoms with Crippen LogP contribution in [0, 0.1) is 0 Å². The summed E-state index contributed by atoms with van der Waals surface area (Å²) in [6, 6.07) is 7.81. The summed E-state index contributed by atoms with van der Waals surface area (Å²) >= 11 is 1.29. The van der Waals surface area contributed by atoms with Gasteiger partial charge in [-0.25, -0.2) is 9.59 Å². The molecule has 0 radical (unpaired) electrons. The number of anilines is 1. The summed E-state index contributed by atoms with van der Waals surface area (Å²) < 4.78 is 5.23. The highest BCUT2D eigenvalue weighted by molar-refractivity contribution is 7.17. The van der Waals surface area contributed by atoms with Crippen LogP contribution < -0.4 is 16.3 Å². The summed E-state index contributed by atoms with van der Waals surface area (Å²) in [6.45, 7) is 0. The molecule has 3 aromatic rings. The Labute approximate surface area is 175 Å². The number of benzene rings is 1. The Morgan fingerprint density at radius 2 is 1.87 bits per heavy atom. The van der Waals surface area contributed by atoms with E-state index in [1.807, 2.05) is 0 Å². The van der Waals surface area contributed by atoms with Crippen LogP contribution in [0.5, 0.6) is 0 Å². The van der Waals surface area contributed by atoms with E-state index in [9.17, 15) is 19.2 Å². The molecule has 8 nitrogen and oxygen atoms in total. The lowest BCUT2D eigenvalue weighted by molar-refractivity contribution is 0.0957. The molecule has 0 aliphatic heterocycles. The van der Waals surface area contributed by atoms with Crippen LogP contribution in [-0.2, 0) is 12.8 Å². The number of hydrogen-bond acceptors (Lipinski definition) is 6. The lowest BCUT2D eigenvalue weighted by Crippen LogP contribution is -2.39. The van der Waals surface area contributed by atoms with Crippen LogP contribution in [-0.4, -0.2) is 36.8 Å². The van der Waals surface area contributed by atoms with Gasteiger partial charge in [-0.3, -0.25) is 14.9 Å². The topological polar surface area (TPSA) is 109 Å². The highest BCUT2D eigenvalue weighted by Crippen LogP contribution is 2.39. The Kier molecular flexibility index (Phi) is 5.13. The number of rotatable bonds is 3. The fourth-order valence-corrected chi connectivity index (χ4v) is 4.68. The molecule has 0 atom stereocenters. The zero-order valence-corrected chi connectivity index (χ0v) is 17.2. The van der Waals surface area contributed by atoms with Crippen LogP contribution in [0.4, 0.5) is 9.80 Å². The molecule has 0 bridgehead atoms. The van der Waals surface area contributed by atoms with Crippen LogP contribution >= 0.6 is 11.3 Å². The molecule has 4 amide bonds. The number of imide groups is 1. The Balaban J connectivity index is 1.68. The number of fused-ring (bicyclic) bond motifs is 2. The smallest absolute Gasteiger partial charge is 0.349 e. The van der Waals surface area contributed by atoms with Crippen molar-refractivity contribution in [3.05, 3.63) is 62.3 Å². The van der Waals surface area contributed by atoms with E-state index in [1.165, 1.54) is 36.4 Å². The minimum absolute atomic E-state index is 0.155. The van der Waals surface area contributed by atoms with Crippen molar-refractivity contribution in [1.29, 1.82) is 0 Å². The molecule has 1 aliphatic rings. The van der Waals surface area contributed by atoms with Gasteiger partial charge in [0.2, 0.25) is 0 Å². The zero-order valence-electron chi connectivity index (χ0n) is 16.4. The third-order valence-electron chi connectivity index (χ3n) is 4.89. The third-order valence-corrected chi connectivity index (χ3v) is 6.10. The fourth-order valence-electron chi connectivity index (χ4n) is 3.39. The molecular formula is C21H19N3O5S. The molecule has 4 rings (SSSR count). The number of urea groups is 1. The van der Waals surface area contributed by atoms with Crippen LogP contribution in [0.1, 0.15) is 37.6 Å². The SMILES string of the molecule is CN(C)C(=O)NC(=O)c1c(NC(=O)c2cc3ccccc3oc2=O)sc2c1CCC2. The van der Waals surface area contributed by atoms with E-state index in [-0.39, 0.29) is 11.1 Å². The molecule has 0 unspecified atom stereocenters. The van der Waals surface area contributed by atoms with Gasteiger partial charge in [0.1, 0.15) is 16.1 Å². The van der Waals surface area contributed by atoms with Gasteiger partial charge in [0.05, 0.1) is 5.56 Å². The number of para-hydroxylation sites is 1. The monoisotopic (exact) mass is 425 g/mol. The van der Waals surface area contributed by atoms with Crippen molar-refractivity contribution in [2.75, 3.05) is 19.4 Å². The van der Waals surface area contributed by atoms with E-state index < -0.39 is 23.5 Å². The average Bonchev–Trinajstić information content (AvgIpc) is 3.27. The number of nitrogens with zero attached hydrogens (tertiary/aromatic N) is 1. The Morgan fingerprint density at radius 3 is 2.63 bits per heavy atom. The van der Waals surface area contributed by atoms with E-state index in [2.05, 4.69) is 10.6 Å². The molecule has 1 aromatic carbocycles. The first-order valence-corrected chi connectivity index (χ1v) is 10.2. The van der Waals surface area contributed by atoms with E-state index in [0.717, 1.165) is 23.3 Å². The predicted octanol–water partition coefficient (Wildman–Crippen LogP) is 3.01. The number of carbonyl (C=O) groups excluding carboxylic acids is 3. The maximum atomic E-state index is 12.8. The molecule has 1 aliphatic carbocycles. The summed E-state index contributed by atoms with van der Waals surface area (Å²) in [6.07, 6.45) is 2.40. The quantitative estimate of drug-likeness (QED) is 0.627. The van der Waals surface area contributed by atoms with Gasteiger partial charge in [-0.15, -0.1) is 11.3 Å². The summed E-state index contributed by atoms with van der Waals surface area (Å²) in [5.74, 6) is -1.24. The minimum Gasteiger partial charge on any atom is -0.422 e. The van der Waals surface area contributed by atoms with Crippen LogP contribution in [0.2, 0.25) is 0 Å². The van der Waals surface area contributed by atoms with Crippen LogP contribution in [0.25, 0.3) is 11.0 Å². The second-order valence-corrected chi connectivity index (χ2v) is 8.26. The predicted molar refractivity (Wildman–Crippen MR) is 113 cm³/mol. The van der Waals surface area contributed by atoms with Crippen molar-refractivity contribution in [3.63, 3.8) is 0 Å². The van der Waals surface area contributed by atoms with Crippen molar-refractivity contribution in [3.8, 4) is 0 Å². The molecule has 30 heavy (non-hydrogen) atoms. The number of carbonyl (C=O) groups is 3. The van der Waals surface area contributed by atoms with E-state index in [4.69, 9.17) is 4.42 Å². The minimum atomic E-state index is -0.760. The Hall–Kier alpha value is -3.46. The zero-order chi connectivity index (χ0) is 21.4. The second-order valence-electron chi connectivity index (χ2n) is 7.15. The van der Waals surface area contributed by atoms with Gasteiger partial charge in [0, 0.05) is 24.4 Å². The first kappa shape index (κ1) is 19.8. The first-order valence-electron chi connectivity index (χ1n) is 9.36. The van der Waals surface area contributed by atoms with E-state index in [1.54, 1.807) is 24.3 Å². The maximum absolute atomic E-state index is 12.8. The lowest BCUT2D eigenvalue weighted by Gasteiger charge is -2.12. The van der Waals surface area contributed by atoms with Crippen molar-refractivity contribution < 1.29 is 18.8 Å². The van der Waals surface area contributed by atoms with Gasteiger partial charge in [-0.1, -0.05) is 18.2 Å². The summed E-state index contributed by atoms with van der Waals surface area (Å²) in [4.78, 5) is 52.1. The summed E-state index contributed by atoms with van der Waals surface area (Å²) in [5, 5.41) is 5.94. The van der Waals surface area contributed by atoms with Gasteiger partial charge in [-0.05, 0) is 37.0 Å². The number of hydrogen-bond donors (Lipinski definition) is 2. The van der Waals surface area contributed by atoms with Gasteiger partial charge in [-0.2, -0.15) is 0 Å². The van der Waals surface area contributed by atoms with Crippen molar-refractivity contribution in [1.82, 2.24) is 10.2 Å². The Morgan fingerprint density at radius 1 is 1.10 bits per heavy atom. The standard InChI is InChI=1S/C21H19N3O5S/c1-24(2)21(28)23-18(26)16-12-7-5-9-15(12)30-19(16)22-17(25)13-10-11-6-3-4-8-14(11)29-20(13)27/h3-4,6,8,10H,5,7,9H2,1-2H3,(H,22,25)(H,23,26,28). The number of aryl methyl sites for hydroxylation is 1. The van der Waals surface area contributed by atoms with E-state index in [0.29, 0.717) is 22.4 Å². The van der Waals surface area contributed by atoms with Crippen molar-refractivity contribution in [2.24, 2.45) is 0 Å². The van der Waals surface area contributed by atoms with Gasteiger partial charge < -0.3 is 14.6 Å². The molecule has 0 fully saturated rings. The maximum Gasteiger partial charge on any atom is 0.349 e. The Bertz CT molecular complexity index is 1240. The molecule has 0 spiro atoms. The molecule has 9 heteroatoms. The first-order chi connectivity index (χ1) is 14.3. The largest absolute Gasteiger partial charge is 0.422 e. The fraction of sp³-hybridized carbons (Fsp3) is 0.238. The number of nitrogens with one attached hydrogen (secondary N) is 2. The number of thiophene rings is 1. The van der Waals surface area contributed by atoms with Crippen molar-refractivity contribution >= 4 is 45.2 Å². The number of amides is 4. The molecule has 0 saturated heterocycles. The van der Waals surface area contributed by atoms with Gasteiger partial charge in [0.15, 0.2) is 0 Å². The molecule has 2 heterocycles. The second kappa shape index (κ2) is 7.75. The van der Waals surface area contributed by atoms with Gasteiger partial charge >= 0.3 is 11.7 Å². The summed E-state index contributed by atoms with van der Waals surface area (Å²) in [7, 11) is 3.06. The van der Waals surface area contributed by atoms with Crippen LogP contribution in [0.3, 0.4) is 0 Å². The molecule has 0 saturated carbocycles. The van der Waals surface area contributed by atoms with Crippen LogP contribution in [0.15, 0.2) is 39.5 Å². The highest BCUT2D eigenvalue weighted by atomic mass is 32.1. The van der Waals surface area contributed by atoms with Crippen molar-refractivity contribution in [2.45, 2.75) is 19.3 Å². The normalized spacial score (nSPS) is 12.5. The van der Waals surface area contributed by atoms with Gasteiger partial charge in [0.25, 0.3) is 11.8 Å². The summed E-state index contributed by atoms with van der Waals surface area (Å²) in [5.41, 5.74) is 0.588.